The lowest BCUT2D eigenvalue weighted by Crippen LogP contribution is -1.96. The zero-order valence-corrected chi connectivity index (χ0v) is 11.0. The average molecular weight is 220 g/mol. The fourth-order valence-electron chi connectivity index (χ4n) is 1.81. The number of hydrogen-bond acceptors (Lipinski definition) is 1. The minimum Gasteiger partial charge on any atom is -0.469 e. The Kier molecular flexibility index (Phi) is 5.37. The van der Waals surface area contributed by atoms with Crippen LogP contribution in [0.5, 0.6) is 0 Å². The van der Waals surface area contributed by atoms with Crippen LogP contribution in [-0.2, 0) is 6.42 Å². The van der Waals surface area contributed by atoms with Gasteiger partial charge in [0.2, 0.25) is 0 Å². The molecule has 0 aromatic carbocycles. The highest BCUT2D eigenvalue weighted by Gasteiger charge is 2.04. The summed E-state index contributed by atoms with van der Waals surface area (Å²) in [7, 11) is 0. The molecule has 0 bridgehead atoms. The van der Waals surface area contributed by atoms with Crippen LogP contribution < -0.4 is 0 Å². The van der Waals surface area contributed by atoms with Gasteiger partial charge in [0.05, 0.1) is 6.26 Å². The maximum absolute atomic E-state index is 5.45. The molecule has 0 radical (unpaired) electrons. The molecule has 0 aliphatic carbocycles. The third-order valence-corrected chi connectivity index (χ3v) is 2.88. The van der Waals surface area contributed by atoms with E-state index >= 15 is 0 Å². The van der Waals surface area contributed by atoms with E-state index in [2.05, 4.69) is 39.8 Å². The van der Waals surface area contributed by atoms with Gasteiger partial charge < -0.3 is 4.42 Å². The van der Waals surface area contributed by atoms with Crippen LogP contribution in [0.2, 0.25) is 0 Å². The smallest absolute Gasteiger partial charge is 0.104 e. The Bertz CT molecular complexity index is 329. The molecule has 0 fully saturated rings. The minimum absolute atomic E-state index is 0.779. The van der Waals surface area contributed by atoms with E-state index in [1.165, 1.54) is 30.4 Å². The lowest BCUT2D eigenvalue weighted by Gasteiger charge is -2.08. The second kappa shape index (κ2) is 6.57. The Balaban J connectivity index is 2.20. The summed E-state index contributed by atoms with van der Waals surface area (Å²) in [5.74, 6) is 1.91. The molecule has 90 valence electrons. The van der Waals surface area contributed by atoms with E-state index < -0.39 is 0 Å². The van der Waals surface area contributed by atoms with E-state index in [9.17, 15) is 0 Å². The van der Waals surface area contributed by atoms with E-state index in [1.807, 2.05) is 6.26 Å². The summed E-state index contributed by atoms with van der Waals surface area (Å²) in [5.41, 5.74) is 2.65. The highest BCUT2D eigenvalue weighted by atomic mass is 16.3. The van der Waals surface area contributed by atoms with Gasteiger partial charge in [-0.05, 0) is 57.6 Å². The molecule has 0 amide bonds. The molecule has 1 nitrogen and oxygen atoms in total. The maximum atomic E-state index is 5.45. The highest BCUT2D eigenvalue weighted by Crippen LogP contribution is 2.16. The van der Waals surface area contributed by atoms with Crippen molar-refractivity contribution < 1.29 is 4.42 Å². The fourth-order valence-corrected chi connectivity index (χ4v) is 1.81. The first-order valence-corrected chi connectivity index (χ1v) is 6.25. The van der Waals surface area contributed by atoms with E-state index in [0.29, 0.717) is 0 Å². The zero-order chi connectivity index (χ0) is 12.0. The van der Waals surface area contributed by atoms with Gasteiger partial charge in [0, 0.05) is 6.42 Å². The largest absolute Gasteiger partial charge is 0.469 e. The molecule has 16 heavy (non-hydrogen) atoms. The molecule has 1 heteroatoms. The number of hydrogen-bond donors (Lipinski definition) is 0. The van der Waals surface area contributed by atoms with E-state index in [0.717, 1.165) is 18.1 Å². The highest BCUT2D eigenvalue weighted by molar-refractivity contribution is 5.10. The fraction of sp³-hybridized carbons (Fsp3) is 0.600. The number of allylic oxidation sites excluding steroid dienone is 2. The first-order valence-electron chi connectivity index (χ1n) is 6.25. The standard InChI is InChI=1S/C15H24O/c1-12(2)6-5-7-13(3)8-9-15-10-14(4)11-16-15/h6,10-11,13H,5,7-9H2,1-4H3/t13-/m0/s1. The Labute approximate surface area is 99.6 Å². The van der Waals surface area contributed by atoms with Crippen molar-refractivity contribution in [1.29, 1.82) is 0 Å². The van der Waals surface area contributed by atoms with E-state index in [-0.39, 0.29) is 0 Å². The first kappa shape index (κ1) is 13.1. The van der Waals surface area contributed by atoms with Crippen LogP contribution >= 0.6 is 0 Å². The Morgan fingerprint density at radius 1 is 1.38 bits per heavy atom. The van der Waals surface area contributed by atoms with Gasteiger partial charge in [0.1, 0.15) is 5.76 Å². The van der Waals surface area contributed by atoms with Crippen molar-refractivity contribution in [3.05, 3.63) is 35.3 Å². The van der Waals surface area contributed by atoms with Gasteiger partial charge in [-0.15, -0.1) is 0 Å². The summed E-state index contributed by atoms with van der Waals surface area (Å²) in [5, 5.41) is 0. The predicted octanol–water partition coefficient (Wildman–Crippen LogP) is 4.90. The SMILES string of the molecule is CC(C)=CCC[C@H](C)CCc1cc(C)co1. The van der Waals surface area contributed by atoms with Crippen molar-refractivity contribution >= 4 is 0 Å². The molecule has 1 rings (SSSR count). The van der Waals surface area contributed by atoms with Gasteiger partial charge in [0.25, 0.3) is 0 Å². The molecular formula is C15H24O. The predicted molar refractivity (Wildman–Crippen MR) is 69.6 cm³/mol. The molecule has 1 aromatic heterocycles. The molecule has 0 N–H and O–H groups in total. The lowest BCUT2D eigenvalue weighted by molar-refractivity contribution is 0.445. The Morgan fingerprint density at radius 3 is 2.69 bits per heavy atom. The topological polar surface area (TPSA) is 13.1 Å². The van der Waals surface area contributed by atoms with Gasteiger partial charge in [0.15, 0.2) is 0 Å². The molecule has 0 spiro atoms. The molecule has 1 heterocycles. The molecule has 0 unspecified atom stereocenters. The van der Waals surface area contributed by atoms with Gasteiger partial charge >= 0.3 is 0 Å². The van der Waals surface area contributed by atoms with Crippen LogP contribution in [0.4, 0.5) is 0 Å². The van der Waals surface area contributed by atoms with Crippen LogP contribution in [0, 0.1) is 12.8 Å². The van der Waals surface area contributed by atoms with Gasteiger partial charge in [-0.2, -0.15) is 0 Å². The minimum atomic E-state index is 0.779. The number of furan rings is 1. The zero-order valence-electron chi connectivity index (χ0n) is 11.0. The van der Waals surface area contributed by atoms with Crippen molar-refractivity contribution in [2.45, 2.75) is 53.4 Å². The summed E-state index contributed by atoms with van der Waals surface area (Å²) < 4.78 is 5.45. The lowest BCUT2D eigenvalue weighted by atomic mass is 9.98. The molecule has 1 aromatic rings. The molecule has 0 saturated heterocycles. The summed E-state index contributed by atoms with van der Waals surface area (Å²) in [6, 6.07) is 2.14. The molecule has 1 atom stereocenters. The van der Waals surface area contributed by atoms with Gasteiger partial charge in [-0.25, -0.2) is 0 Å². The summed E-state index contributed by atoms with van der Waals surface area (Å²) in [6.45, 7) is 8.73. The maximum Gasteiger partial charge on any atom is 0.104 e. The van der Waals surface area contributed by atoms with Crippen molar-refractivity contribution in [3.8, 4) is 0 Å². The van der Waals surface area contributed by atoms with Crippen LogP contribution in [0.25, 0.3) is 0 Å². The molecule has 0 aliphatic heterocycles. The second-order valence-corrected chi connectivity index (χ2v) is 5.09. The van der Waals surface area contributed by atoms with Gasteiger partial charge in [-0.3, -0.25) is 0 Å². The van der Waals surface area contributed by atoms with E-state index in [1.54, 1.807) is 0 Å². The quantitative estimate of drug-likeness (QED) is 0.621. The average Bonchev–Trinajstić information content (AvgIpc) is 2.61. The summed E-state index contributed by atoms with van der Waals surface area (Å²) >= 11 is 0. The molecular weight excluding hydrogens is 196 g/mol. The first-order chi connectivity index (χ1) is 7.58. The molecule has 0 aliphatic rings. The van der Waals surface area contributed by atoms with E-state index in [4.69, 9.17) is 4.42 Å². The van der Waals surface area contributed by atoms with Crippen LogP contribution in [-0.4, -0.2) is 0 Å². The van der Waals surface area contributed by atoms with Crippen LogP contribution in [0.1, 0.15) is 51.4 Å². The van der Waals surface area contributed by atoms with Gasteiger partial charge in [-0.1, -0.05) is 18.6 Å². The van der Waals surface area contributed by atoms with Crippen molar-refractivity contribution in [2.75, 3.05) is 0 Å². The molecule has 0 saturated carbocycles. The van der Waals surface area contributed by atoms with Crippen LogP contribution in [0.3, 0.4) is 0 Å². The van der Waals surface area contributed by atoms with Crippen LogP contribution in [0.15, 0.2) is 28.4 Å². The third kappa shape index (κ3) is 5.20. The van der Waals surface area contributed by atoms with Crippen molar-refractivity contribution in [1.82, 2.24) is 0 Å². The Hall–Kier alpha value is -0.980. The van der Waals surface area contributed by atoms with Crippen molar-refractivity contribution in [2.24, 2.45) is 5.92 Å². The third-order valence-electron chi connectivity index (χ3n) is 2.88. The Morgan fingerprint density at radius 2 is 2.12 bits per heavy atom. The normalized spacial score (nSPS) is 12.5. The number of rotatable bonds is 6. The monoisotopic (exact) mass is 220 g/mol. The summed E-state index contributed by atoms with van der Waals surface area (Å²) in [6.07, 6.45) is 8.95. The second-order valence-electron chi connectivity index (χ2n) is 5.09. The number of aryl methyl sites for hydroxylation is 2. The summed E-state index contributed by atoms with van der Waals surface area (Å²) in [4.78, 5) is 0. The van der Waals surface area contributed by atoms with Crippen molar-refractivity contribution in [3.63, 3.8) is 0 Å².